The lowest BCUT2D eigenvalue weighted by Gasteiger charge is -2.22. The maximum atomic E-state index is 12.3. The second-order valence-electron chi connectivity index (χ2n) is 6.92. The number of nitrogens with zero attached hydrogens (tertiary/aromatic N) is 1. The van der Waals surface area contributed by atoms with Gasteiger partial charge in [0.2, 0.25) is 5.91 Å². The van der Waals surface area contributed by atoms with Crippen molar-refractivity contribution in [1.82, 2.24) is 10.2 Å². The third-order valence-electron chi connectivity index (χ3n) is 5.02. The van der Waals surface area contributed by atoms with Crippen molar-refractivity contribution in [2.24, 2.45) is 5.92 Å². The van der Waals surface area contributed by atoms with E-state index in [-0.39, 0.29) is 11.8 Å². The lowest BCUT2D eigenvalue weighted by molar-refractivity contribution is -0.130. The highest BCUT2D eigenvalue weighted by atomic mass is 16.2. The molecule has 24 heavy (non-hydrogen) atoms. The molecule has 0 radical (unpaired) electrons. The molecule has 0 bridgehead atoms. The maximum absolute atomic E-state index is 12.3. The molecule has 1 aromatic rings. The summed E-state index contributed by atoms with van der Waals surface area (Å²) in [5.74, 6) is 0.962. The number of amides is 2. The van der Waals surface area contributed by atoms with Gasteiger partial charge in [0.05, 0.1) is 0 Å². The first-order valence-electron chi connectivity index (χ1n) is 9.15. The Kier molecular flexibility index (Phi) is 7.29. The molecule has 4 heteroatoms. The van der Waals surface area contributed by atoms with Crippen molar-refractivity contribution in [2.75, 3.05) is 14.1 Å². The molecule has 2 amide bonds. The summed E-state index contributed by atoms with van der Waals surface area (Å²) in [6, 6.07) is 7.43. The third-order valence-corrected chi connectivity index (χ3v) is 5.02. The Bertz CT molecular complexity index is 533. The monoisotopic (exact) mass is 330 g/mol. The summed E-state index contributed by atoms with van der Waals surface area (Å²) in [4.78, 5) is 25.6. The van der Waals surface area contributed by atoms with Gasteiger partial charge in [-0.1, -0.05) is 44.2 Å². The fraction of sp³-hybridized carbons (Fsp3) is 0.600. The van der Waals surface area contributed by atoms with Crippen LogP contribution in [0, 0.1) is 5.92 Å². The lowest BCUT2D eigenvalue weighted by atomic mass is 9.86. The van der Waals surface area contributed by atoms with Gasteiger partial charge in [-0.15, -0.1) is 0 Å². The Labute approximate surface area is 145 Å². The second kappa shape index (κ2) is 9.45. The minimum atomic E-state index is -0.0892. The third kappa shape index (κ3) is 5.66. The molecule has 0 saturated heterocycles. The molecular weight excluding hydrogens is 300 g/mol. The normalized spacial score (nSPS) is 15.1. The van der Waals surface area contributed by atoms with Gasteiger partial charge in [-0.3, -0.25) is 9.59 Å². The number of hydrogen-bond acceptors (Lipinski definition) is 2. The summed E-state index contributed by atoms with van der Waals surface area (Å²) >= 11 is 0. The highest BCUT2D eigenvalue weighted by Gasteiger charge is 2.15. The molecule has 132 valence electrons. The maximum Gasteiger partial charge on any atom is 0.251 e. The van der Waals surface area contributed by atoms with Crippen molar-refractivity contribution in [1.29, 1.82) is 0 Å². The van der Waals surface area contributed by atoms with Crippen LogP contribution in [-0.2, 0) is 11.3 Å². The lowest BCUT2D eigenvalue weighted by Crippen LogP contribution is -2.26. The molecule has 4 nitrogen and oxygen atoms in total. The molecule has 0 aliphatic heterocycles. The summed E-state index contributed by atoms with van der Waals surface area (Å²) < 4.78 is 0. The van der Waals surface area contributed by atoms with Gasteiger partial charge in [-0.05, 0) is 36.5 Å². The predicted octanol–water partition coefficient (Wildman–Crippen LogP) is 3.76. The Hall–Kier alpha value is -1.84. The zero-order valence-corrected chi connectivity index (χ0v) is 15.0. The Morgan fingerprint density at radius 2 is 1.79 bits per heavy atom. The fourth-order valence-corrected chi connectivity index (χ4v) is 3.48. The average Bonchev–Trinajstić information content (AvgIpc) is 2.62. The number of hydrogen-bond donors (Lipinski definition) is 1. The van der Waals surface area contributed by atoms with E-state index in [2.05, 4.69) is 5.32 Å². The van der Waals surface area contributed by atoms with Gasteiger partial charge in [0.25, 0.3) is 5.91 Å². The van der Waals surface area contributed by atoms with E-state index in [0.717, 1.165) is 17.9 Å². The van der Waals surface area contributed by atoms with Crippen LogP contribution in [0.4, 0.5) is 0 Å². The van der Waals surface area contributed by atoms with E-state index in [9.17, 15) is 9.59 Å². The van der Waals surface area contributed by atoms with E-state index in [4.69, 9.17) is 0 Å². The Morgan fingerprint density at radius 3 is 2.42 bits per heavy atom. The van der Waals surface area contributed by atoms with Crippen LogP contribution in [0.3, 0.4) is 0 Å². The molecule has 0 spiro atoms. The molecule has 0 unspecified atom stereocenters. The van der Waals surface area contributed by atoms with Gasteiger partial charge >= 0.3 is 0 Å². The molecule has 0 aromatic heterocycles. The summed E-state index contributed by atoms with van der Waals surface area (Å²) in [6.45, 7) is 0.594. The van der Waals surface area contributed by atoms with Crippen molar-refractivity contribution in [3.63, 3.8) is 0 Å². The highest BCUT2D eigenvalue weighted by molar-refractivity contribution is 5.93. The van der Waals surface area contributed by atoms with Crippen LogP contribution in [0.2, 0.25) is 0 Å². The molecule has 1 aromatic carbocycles. The fourth-order valence-electron chi connectivity index (χ4n) is 3.48. The standard InChI is InChI=1S/C20H30N2O2/c1-21-20(24)18-13-11-17(12-14-18)15-22(2)19(23)10-6-9-16-7-4-3-5-8-16/h11-14,16H,3-10,15H2,1-2H3,(H,21,24). The average molecular weight is 330 g/mol. The molecule has 1 aliphatic carbocycles. The molecule has 1 saturated carbocycles. The molecule has 0 atom stereocenters. The van der Waals surface area contributed by atoms with Crippen molar-refractivity contribution in [3.05, 3.63) is 35.4 Å². The zero-order chi connectivity index (χ0) is 17.4. The minimum Gasteiger partial charge on any atom is -0.355 e. The van der Waals surface area contributed by atoms with E-state index < -0.39 is 0 Å². The van der Waals surface area contributed by atoms with Crippen LogP contribution < -0.4 is 5.32 Å². The molecule has 1 aliphatic rings. The van der Waals surface area contributed by atoms with Gasteiger partial charge in [0.1, 0.15) is 0 Å². The SMILES string of the molecule is CNC(=O)c1ccc(CN(C)C(=O)CCCC2CCCCC2)cc1. The van der Waals surface area contributed by atoms with Gasteiger partial charge in [-0.2, -0.15) is 0 Å². The molecule has 1 fully saturated rings. The molecule has 1 N–H and O–H groups in total. The first-order valence-corrected chi connectivity index (χ1v) is 9.15. The van der Waals surface area contributed by atoms with Crippen molar-refractivity contribution in [3.8, 4) is 0 Å². The quantitative estimate of drug-likeness (QED) is 0.827. The van der Waals surface area contributed by atoms with E-state index in [0.29, 0.717) is 18.5 Å². The molecule has 2 rings (SSSR count). The number of rotatable bonds is 7. The minimum absolute atomic E-state index is 0.0892. The van der Waals surface area contributed by atoms with Crippen molar-refractivity contribution in [2.45, 2.75) is 57.9 Å². The van der Waals surface area contributed by atoms with Crippen LogP contribution in [0.15, 0.2) is 24.3 Å². The van der Waals surface area contributed by atoms with E-state index in [1.807, 2.05) is 19.2 Å². The summed E-state index contributed by atoms with van der Waals surface area (Å²) in [5, 5.41) is 2.61. The largest absolute Gasteiger partial charge is 0.355 e. The van der Waals surface area contributed by atoms with Crippen molar-refractivity contribution >= 4 is 11.8 Å². The second-order valence-corrected chi connectivity index (χ2v) is 6.92. The smallest absolute Gasteiger partial charge is 0.251 e. The van der Waals surface area contributed by atoms with Gasteiger partial charge < -0.3 is 10.2 Å². The molecule has 0 heterocycles. The number of carbonyl (C=O) groups excluding carboxylic acids is 2. The van der Waals surface area contributed by atoms with E-state index in [1.165, 1.54) is 38.5 Å². The van der Waals surface area contributed by atoms with Crippen LogP contribution in [0.5, 0.6) is 0 Å². The van der Waals surface area contributed by atoms with Crippen LogP contribution >= 0.6 is 0 Å². The van der Waals surface area contributed by atoms with Crippen LogP contribution in [-0.4, -0.2) is 30.8 Å². The van der Waals surface area contributed by atoms with Gasteiger partial charge in [0.15, 0.2) is 0 Å². The first kappa shape index (κ1) is 18.5. The van der Waals surface area contributed by atoms with Crippen LogP contribution in [0.1, 0.15) is 67.3 Å². The van der Waals surface area contributed by atoms with Gasteiger partial charge in [-0.25, -0.2) is 0 Å². The number of benzene rings is 1. The van der Waals surface area contributed by atoms with Crippen LogP contribution in [0.25, 0.3) is 0 Å². The Balaban J connectivity index is 1.73. The van der Waals surface area contributed by atoms with Crippen molar-refractivity contribution < 1.29 is 9.59 Å². The predicted molar refractivity (Wildman–Crippen MR) is 96.7 cm³/mol. The topological polar surface area (TPSA) is 49.4 Å². The Morgan fingerprint density at radius 1 is 1.12 bits per heavy atom. The summed E-state index contributed by atoms with van der Waals surface area (Å²) in [5.41, 5.74) is 1.69. The highest BCUT2D eigenvalue weighted by Crippen LogP contribution is 2.27. The summed E-state index contributed by atoms with van der Waals surface area (Å²) in [6.07, 6.45) is 9.66. The number of carbonyl (C=O) groups is 2. The number of nitrogens with one attached hydrogen (secondary N) is 1. The zero-order valence-electron chi connectivity index (χ0n) is 15.0. The first-order chi connectivity index (χ1) is 11.6. The van der Waals surface area contributed by atoms with Gasteiger partial charge in [0, 0.05) is 32.6 Å². The van der Waals surface area contributed by atoms with E-state index in [1.54, 1.807) is 24.1 Å². The summed E-state index contributed by atoms with van der Waals surface area (Å²) in [7, 11) is 3.48. The van der Waals surface area contributed by atoms with E-state index >= 15 is 0 Å². The molecular formula is C20H30N2O2.